The Hall–Kier alpha value is -4.76. The van der Waals surface area contributed by atoms with Crippen molar-refractivity contribution in [3.63, 3.8) is 0 Å². The highest BCUT2D eigenvalue weighted by Gasteiger charge is 2.55. The molecule has 242 valence electrons. The number of amides is 2. The van der Waals surface area contributed by atoms with Crippen molar-refractivity contribution >= 4 is 40.5 Å². The topological polar surface area (TPSA) is 123 Å². The largest absolute Gasteiger partial charge is 0.459 e. The van der Waals surface area contributed by atoms with Gasteiger partial charge in [0.1, 0.15) is 18.1 Å². The minimum absolute atomic E-state index is 0.193. The molecule has 4 aromatic rings. The van der Waals surface area contributed by atoms with Crippen LogP contribution in [0.5, 0.6) is 0 Å². The number of benzene rings is 3. The van der Waals surface area contributed by atoms with Gasteiger partial charge in [-0.25, -0.2) is 0 Å². The quantitative estimate of drug-likeness (QED) is 0.101. The number of carbonyl (C=O) groups is 2. The van der Waals surface area contributed by atoms with E-state index in [1.165, 1.54) is 4.90 Å². The predicted octanol–water partition coefficient (Wildman–Crippen LogP) is 6.72. The molecule has 1 aliphatic carbocycles. The van der Waals surface area contributed by atoms with Gasteiger partial charge in [0, 0.05) is 17.3 Å². The Morgan fingerprint density at radius 2 is 1.60 bits per heavy atom. The summed E-state index contributed by atoms with van der Waals surface area (Å²) in [5, 5.41) is 35.2. The molecule has 0 saturated carbocycles. The number of furan rings is 1. The third-order valence-corrected chi connectivity index (χ3v) is 9.34. The maximum Gasteiger partial charge on any atom is 0.238 e. The van der Waals surface area contributed by atoms with Crippen molar-refractivity contribution in [2.75, 3.05) is 16.8 Å². The Morgan fingerprint density at radius 1 is 0.915 bits per heavy atom. The number of carbonyl (C=O) groups excluding carboxylic acids is 2. The van der Waals surface area contributed by atoms with Crippen LogP contribution in [-0.4, -0.2) is 39.8 Å². The third-order valence-electron chi connectivity index (χ3n) is 9.34. The fourth-order valence-corrected chi connectivity index (χ4v) is 7.06. The summed E-state index contributed by atoms with van der Waals surface area (Å²) in [4.78, 5) is 29.0. The van der Waals surface area contributed by atoms with E-state index in [0.717, 1.165) is 28.1 Å². The Labute approximate surface area is 274 Å². The molecule has 4 N–H and O–H groups in total. The van der Waals surface area contributed by atoms with Gasteiger partial charge in [-0.05, 0) is 97.0 Å². The van der Waals surface area contributed by atoms with Crippen molar-refractivity contribution < 1.29 is 29.3 Å². The number of imide groups is 1. The predicted molar refractivity (Wildman–Crippen MR) is 182 cm³/mol. The molecule has 2 aliphatic rings. The second-order valence-electron chi connectivity index (χ2n) is 12.1. The number of nitrogens with one attached hydrogen (secondary N) is 1. The molecule has 6 rings (SSSR count). The zero-order valence-corrected chi connectivity index (χ0v) is 26.4. The summed E-state index contributed by atoms with van der Waals surface area (Å²) in [7, 11) is 0. The smallest absolute Gasteiger partial charge is 0.238 e. The maximum absolute atomic E-state index is 14.0. The normalized spacial score (nSPS) is 20.5. The van der Waals surface area contributed by atoms with Gasteiger partial charge in [0.2, 0.25) is 11.8 Å². The molecular weight excluding hydrogens is 592 g/mol. The molecule has 0 spiro atoms. The van der Waals surface area contributed by atoms with Crippen LogP contribution in [0.15, 0.2) is 113 Å². The number of hydrogen-bond acceptors (Lipinski definition) is 7. The number of fused-ring (bicyclic) bond motifs is 1. The van der Waals surface area contributed by atoms with Crippen LogP contribution in [0.2, 0.25) is 0 Å². The van der Waals surface area contributed by atoms with Crippen molar-refractivity contribution in [1.29, 1.82) is 0 Å². The molecule has 47 heavy (non-hydrogen) atoms. The van der Waals surface area contributed by atoms with Crippen LogP contribution in [0.25, 0.3) is 11.6 Å². The number of anilines is 3. The lowest BCUT2D eigenvalue weighted by Gasteiger charge is -2.36. The van der Waals surface area contributed by atoms with E-state index in [4.69, 9.17) is 4.42 Å². The standard InChI is InChI=1S/C39H40N2O6/c1-2-25-22-33-37(39(46)41(38(33)45)30-16-14-29(15-17-30)40-28-11-7-4-8-12-28)34(24-43)36(25)35(44)20-13-27(26-9-5-3-6-10-26)21-31-18-19-32(23-42)47-31/h3-12,14-19,21,33-35,37,40,42-44H,2,13,20,22-24H2,1H3/b27-21-/t33-,34+,35-,37-/m1/s1. The molecule has 1 saturated heterocycles. The van der Waals surface area contributed by atoms with Crippen LogP contribution in [0, 0.1) is 17.8 Å². The van der Waals surface area contributed by atoms with Gasteiger partial charge in [0.15, 0.2) is 0 Å². The zero-order valence-electron chi connectivity index (χ0n) is 26.4. The highest BCUT2D eigenvalue weighted by molar-refractivity contribution is 6.22. The van der Waals surface area contributed by atoms with E-state index in [0.29, 0.717) is 48.5 Å². The Bertz CT molecular complexity index is 1760. The highest BCUT2D eigenvalue weighted by Crippen LogP contribution is 2.48. The van der Waals surface area contributed by atoms with Crippen LogP contribution in [0.1, 0.15) is 49.7 Å². The van der Waals surface area contributed by atoms with E-state index >= 15 is 0 Å². The van der Waals surface area contributed by atoms with Gasteiger partial charge in [-0.3, -0.25) is 14.5 Å². The monoisotopic (exact) mass is 632 g/mol. The van der Waals surface area contributed by atoms with Gasteiger partial charge in [-0.15, -0.1) is 0 Å². The minimum Gasteiger partial charge on any atom is -0.459 e. The molecule has 4 atom stereocenters. The lowest BCUT2D eigenvalue weighted by Crippen LogP contribution is -2.39. The molecule has 3 aromatic carbocycles. The molecule has 0 radical (unpaired) electrons. The first-order chi connectivity index (χ1) is 22.9. The average Bonchev–Trinajstić information content (AvgIpc) is 3.67. The van der Waals surface area contributed by atoms with E-state index < -0.39 is 23.9 Å². The van der Waals surface area contributed by atoms with Gasteiger partial charge < -0.3 is 25.1 Å². The molecular formula is C39H40N2O6. The van der Waals surface area contributed by atoms with Gasteiger partial charge >= 0.3 is 0 Å². The molecule has 8 nitrogen and oxygen atoms in total. The lowest BCUT2D eigenvalue weighted by molar-refractivity contribution is -0.123. The number of para-hydroxylation sites is 1. The first-order valence-corrected chi connectivity index (χ1v) is 16.2. The van der Waals surface area contributed by atoms with E-state index in [1.54, 1.807) is 24.3 Å². The highest BCUT2D eigenvalue weighted by atomic mass is 16.4. The van der Waals surface area contributed by atoms with Crippen LogP contribution in [-0.2, 0) is 16.2 Å². The van der Waals surface area contributed by atoms with Gasteiger partial charge in [0.05, 0.1) is 30.2 Å². The summed E-state index contributed by atoms with van der Waals surface area (Å²) < 4.78 is 5.72. The summed E-state index contributed by atoms with van der Waals surface area (Å²) in [6.45, 7) is 1.45. The molecule has 2 heterocycles. The van der Waals surface area contributed by atoms with Crippen LogP contribution >= 0.6 is 0 Å². The summed E-state index contributed by atoms with van der Waals surface area (Å²) in [6.07, 6.45) is 2.81. The lowest BCUT2D eigenvalue weighted by atomic mass is 9.67. The van der Waals surface area contributed by atoms with Crippen molar-refractivity contribution in [3.05, 3.63) is 125 Å². The number of allylic oxidation sites excluding steroid dienone is 2. The van der Waals surface area contributed by atoms with Crippen molar-refractivity contribution in [2.45, 2.75) is 45.3 Å². The second-order valence-corrected chi connectivity index (χ2v) is 12.1. The van der Waals surface area contributed by atoms with Crippen molar-refractivity contribution in [1.82, 2.24) is 0 Å². The Kier molecular flexibility index (Phi) is 9.82. The minimum atomic E-state index is -0.917. The van der Waals surface area contributed by atoms with Crippen molar-refractivity contribution in [2.24, 2.45) is 17.8 Å². The van der Waals surface area contributed by atoms with E-state index in [9.17, 15) is 24.9 Å². The average molecular weight is 633 g/mol. The van der Waals surface area contributed by atoms with Crippen LogP contribution in [0.3, 0.4) is 0 Å². The van der Waals surface area contributed by atoms with Gasteiger partial charge in [0.25, 0.3) is 0 Å². The molecule has 0 unspecified atom stereocenters. The first-order valence-electron chi connectivity index (χ1n) is 16.2. The molecule has 8 heteroatoms. The maximum atomic E-state index is 14.0. The molecule has 1 aliphatic heterocycles. The molecule has 0 bridgehead atoms. The summed E-state index contributed by atoms with van der Waals surface area (Å²) >= 11 is 0. The second kappa shape index (κ2) is 14.3. The Morgan fingerprint density at radius 3 is 2.23 bits per heavy atom. The first kappa shape index (κ1) is 32.2. The summed E-state index contributed by atoms with van der Waals surface area (Å²) in [5.74, 6) is -1.55. The van der Waals surface area contributed by atoms with Crippen LogP contribution in [0.4, 0.5) is 17.1 Å². The van der Waals surface area contributed by atoms with Crippen molar-refractivity contribution in [3.8, 4) is 0 Å². The number of aliphatic hydroxyl groups is 3. The molecule has 1 fully saturated rings. The molecule has 1 aromatic heterocycles. The van der Waals surface area contributed by atoms with E-state index in [-0.39, 0.29) is 25.0 Å². The number of rotatable bonds is 12. The fraction of sp³-hybridized carbons (Fsp3) is 0.282. The fourth-order valence-electron chi connectivity index (χ4n) is 7.06. The van der Waals surface area contributed by atoms with E-state index in [1.807, 2.05) is 85.8 Å². The number of nitrogens with zero attached hydrogens (tertiary/aromatic N) is 1. The number of aliphatic hydroxyl groups excluding tert-OH is 3. The van der Waals surface area contributed by atoms with E-state index in [2.05, 4.69) is 5.32 Å². The SMILES string of the molecule is CCC1=C([C@H](O)CC/C(=C/c2ccc(CO)o2)c2ccccc2)[C@H](CO)[C@@H]2C(=O)N(c3ccc(Nc4ccccc4)cc3)C(=O)[C@@H]2C1. The summed E-state index contributed by atoms with van der Waals surface area (Å²) in [5.41, 5.74) is 5.77. The van der Waals surface area contributed by atoms with Gasteiger partial charge in [-0.2, -0.15) is 0 Å². The Balaban J connectivity index is 1.22. The zero-order chi connectivity index (χ0) is 32.9. The number of hydrogen-bond donors (Lipinski definition) is 4. The molecule has 2 amide bonds. The van der Waals surface area contributed by atoms with Gasteiger partial charge in [-0.1, -0.05) is 61.0 Å². The summed E-state index contributed by atoms with van der Waals surface area (Å²) in [6, 6.07) is 30.3. The third kappa shape index (κ3) is 6.72. The van der Waals surface area contributed by atoms with Crippen LogP contribution < -0.4 is 10.2 Å².